The molecule has 2 heterocycles. The monoisotopic (exact) mass is 430 g/mol. The van der Waals surface area contributed by atoms with Crippen LogP contribution in [0.3, 0.4) is 0 Å². The van der Waals surface area contributed by atoms with Gasteiger partial charge in [0.1, 0.15) is 17.0 Å². The van der Waals surface area contributed by atoms with Gasteiger partial charge in [0.15, 0.2) is 0 Å². The van der Waals surface area contributed by atoms with E-state index in [0.29, 0.717) is 19.5 Å². The fourth-order valence-electron chi connectivity index (χ4n) is 3.54. The summed E-state index contributed by atoms with van der Waals surface area (Å²) >= 11 is 1.67. The molecule has 31 heavy (non-hydrogen) atoms. The van der Waals surface area contributed by atoms with Crippen molar-refractivity contribution in [3.63, 3.8) is 0 Å². The van der Waals surface area contributed by atoms with Crippen LogP contribution in [-0.2, 0) is 11.3 Å². The molecule has 2 N–H and O–H groups in total. The van der Waals surface area contributed by atoms with E-state index in [9.17, 15) is 4.79 Å². The first-order chi connectivity index (χ1) is 15.0. The molecule has 5 nitrogen and oxygen atoms in total. The topological polar surface area (TPSA) is 66.9 Å². The van der Waals surface area contributed by atoms with Crippen molar-refractivity contribution in [2.45, 2.75) is 33.7 Å². The number of hydrogen-bond acceptors (Lipinski definition) is 5. The Balaban J connectivity index is 1.44. The molecule has 0 spiro atoms. The van der Waals surface area contributed by atoms with Crippen LogP contribution in [0.2, 0.25) is 0 Å². The molecule has 6 heteroatoms. The van der Waals surface area contributed by atoms with Gasteiger partial charge in [0.05, 0.1) is 5.39 Å². The second-order valence-electron chi connectivity index (χ2n) is 7.74. The van der Waals surface area contributed by atoms with Crippen molar-refractivity contribution in [1.82, 2.24) is 15.3 Å². The Morgan fingerprint density at radius 2 is 1.61 bits per heavy atom. The number of carbonyl (C=O) groups excluding carboxylic acids is 1. The van der Waals surface area contributed by atoms with Gasteiger partial charge in [-0.1, -0.05) is 59.7 Å². The van der Waals surface area contributed by atoms with Crippen molar-refractivity contribution < 1.29 is 4.79 Å². The molecule has 0 atom stereocenters. The Kier molecular flexibility index (Phi) is 6.28. The van der Waals surface area contributed by atoms with Crippen LogP contribution in [0.5, 0.6) is 0 Å². The summed E-state index contributed by atoms with van der Waals surface area (Å²) in [5.74, 6) is 0.787. The highest BCUT2D eigenvalue weighted by atomic mass is 32.1. The Bertz CT molecular complexity index is 1200. The number of nitrogens with zero attached hydrogens (tertiary/aromatic N) is 2. The lowest BCUT2D eigenvalue weighted by Gasteiger charge is -2.10. The summed E-state index contributed by atoms with van der Waals surface area (Å²) in [5.41, 5.74) is 5.85. The predicted octanol–water partition coefficient (Wildman–Crippen LogP) is 5.40. The van der Waals surface area contributed by atoms with Gasteiger partial charge < -0.3 is 10.6 Å². The molecular weight excluding hydrogens is 404 g/mol. The number of aromatic nitrogens is 2. The smallest absolute Gasteiger partial charge is 0.222 e. The third kappa shape index (κ3) is 4.91. The van der Waals surface area contributed by atoms with Crippen molar-refractivity contribution >= 4 is 33.3 Å². The van der Waals surface area contributed by atoms with Crippen molar-refractivity contribution in [1.29, 1.82) is 0 Å². The van der Waals surface area contributed by atoms with E-state index in [1.54, 1.807) is 17.7 Å². The van der Waals surface area contributed by atoms with E-state index in [0.717, 1.165) is 32.7 Å². The highest BCUT2D eigenvalue weighted by Gasteiger charge is 2.16. The summed E-state index contributed by atoms with van der Waals surface area (Å²) in [7, 11) is 0. The average Bonchev–Trinajstić information content (AvgIpc) is 3.10. The summed E-state index contributed by atoms with van der Waals surface area (Å²) < 4.78 is 0. The molecule has 2 aromatic heterocycles. The minimum atomic E-state index is 0.0126. The number of aryl methyl sites for hydroxylation is 3. The number of hydrogen-bond donors (Lipinski definition) is 2. The fourth-order valence-corrected chi connectivity index (χ4v) is 4.55. The number of fused-ring (bicyclic) bond motifs is 1. The lowest BCUT2D eigenvalue weighted by molar-refractivity contribution is -0.121. The molecule has 4 aromatic rings. The molecule has 0 unspecified atom stereocenters. The largest absolute Gasteiger partial charge is 0.369 e. The number of thiophene rings is 1. The van der Waals surface area contributed by atoms with E-state index in [1.165, 1.54) is 16.0 Å². The number of anilines is 1. The van der Waals surface area contributed by atoms with Gasteiger partial charge in [-0.3, -0.25) is 4.79 Å². The lowest BCUT2D eigenvalue weighted by Crippen LogP contribution is -2.25. The Morgan fingerprint density at radius 1 is 0.935 bits per heavy atom. The number of rotatable bonds is 7. The Hall–Kier alpha value is -3.25. The minimum Gasteiger partial charge on any atom is -0.369 e. The van der Waals surface area contributed by atoms with Gasteiger partial charge in [0.2, 0.25) is 5.91 Å². The molecule has 0 saturated heterocycles. The number of amides is 1. The van der Waals surface area contributed by atoms with Crippen LogP contribution in [-0.4, -0.2) is 22.4 Å². The van der Waals surface area contributed by atoms with Gasteiger partial charge in [-0.15, -0.1) is 11.3 Å². The Morgan fingerprint density at radius 3 is 2.32 bits per heavy atom. The molecule has 0 aliphatic carbocycles. The van der Waals surface area contributed by atoms with E-state index >= 15 is 0 Å². The summed E-state index contributed by atoms with van der Waals surface area (Å²) in [6, 6.07) is 16.7. The van der Waals surface area contributed by atoms with Crippen LogP contribution in [0.25, 0.3) is 21.3 Å². The van der Waals surface area contributed by atoms with Crippen LogP contribution < -0.4 is 10.6 Å². The first kappa shape index (κ1) is 21.0. The van der Waals surface area contributed by atoms with E-state index < -0.39 is 0 Å². The number of carbonyl (C=O) groups is 1. The minimum absolute atomic E-state index is 0.0126. The second-order valence-corrected chi connectivity index (χ2v) is 8.94. The third-order valence-corrected chi connectivity index (χ3v) is 6.27. The van der Waals surface area contributed by atoms with Crippen molar-refractivity contribution in [2.24, 2.45) is 0 Å². The maximum absolute atomic E-state index is 12.3. The zero-order valence-electron chi connectivity index (χ0n) is 18.0. The van der Waals surface area contributed by atoms with E-state index in [2.05, 4.69) is 77.8 Å². The molecule has 0 radical (unpaired) electrons. The number of nitrogens with one attached hydrogen (secondary N) is 2. The molecule has 0 saturated carbocycles. The molecule has 4 rings (SSSR count). The molecule has 0 bridgehead atoms. The number of benzene rings is 2. The summed E-state index contributed by atoms with van der Waals surface area (Å²) in [5, 5.41) is 7.35. The quantitative estimate of drug-likeness (QED) is 0.412. The molecule has 0 aliphatic heterocycles. The van der Waals surface area contributed by atoms with Gasteiger partial charge in [-0.05, 0) is 31.9 Å². The van der Waals surface area contributed by atoms with Gasteiger partial charge in [-0.25, -0.2) is 9.97 Å². The maximum atomic E-state index is 12.3. The molecule has 0 fully saturated rings. The van der Waals surface area contributed by atoms with Gasteiger partial charge in [0.25, 0.3) is 0 Å². The summed E-state index contributed by atoms with van der Waals surface area (Å²) in [4.78, 5) is 23.4. The lowest BCUT2D eigenvalue weighted by atomic mass is 10.0. The molecule has 158 valence electrons. The fraction of sp³-hybridized carbons (Fsp3) is 0.240. The zero-order valence-corrected chi connectivity index (χ0v) is 18.8. The predicted molar refractivity (Wildman–Crippen MR) is 128 cm³/mol. The maximum Gasteiger partial charge on any atom is 0.222 e. The molecule has 2 aromatic carbocycles. The summed E-state index contributed by atoms with van der Waals surface area (Å²) in [6.45, 7) is 7.30. The van der Waals surface area contributed by atoms with Crippen LogP contribution >= 0.6 is 11.3 Å². The first-order valence-electron chi connectivity index (χ1n) is 10.4. The first-order valence-corrected chi connectivity index (χ1v) is 11.2. The van der Waals surface area contributed by atoms with E-state index in [-0.39, 0.29) is 5.91 Å². The Labute approximate surface area is 186 Å². The highest BCUT2D eigenvalue weighted by molar-refractivity contribution is 7.19. The highest BCUT2D eigenvalue weighted by Crippen LogP contribution is 2.40. The molecule has 0 aliphatic rings. The van der Waals surface area contributed by atoms with Crippen LogP contribution in [0.1, 0.15) is 28.0 Å². The second kappa shape index (κ2) is 9.27. The van der Waals surface area contributed by atoms with Crippen molar-refractivity contribution in [3.05, 3.63) is 76.4 Å². The van der Waals surface area contributed by atoms with Gasteiger partial charge in [-0.2, -0.15) is 0 Å². The van der Waals surface area contributed by atoms with Crippen molar-refractivity contribution in [3.8, 4) is 11.1 Å². The summed E-state index contributed by atoms with van der Waals surface area (Å²) in [6.07, 6.45) is 1.96. The van der Waals surface area contributed by atoms with Gasteiger partial charge >= 0.3 is 0 Å². The van der Waals surface area contributed by atoms with Crippen LogP contribution in [0, 0.1) is 20.8 Å². The molecular formula is C25H26N4OS. The van der Waals surface area contributed by atoms with Crippen LogP contribution in [0.4, 0.5) is 5.82 Å². The van der Waals surface area contributed by atoms with Crippen LogP contribution in [0.15, 0.2) is 54.9 Å². The normalized spacial score (nSPS) is 10.9. The third-order valence-electron chi connectivity index (χ3n) is 5.26. The van der Waals surface area contributed by atoms with Gasteiger partial charge in [0, 0.05) is 30.0 Å². The zero-order chi connectivity index (χ0) is 21.8. The SMILES string of the molecule is Cc1ccc(CNC(=O)CCNc2ncnc3sc(C)c(-c4ccc(C)cc4)c23)cc1. The standard InChI is InChI=1S/C25H26N4OS/c1-16-4-8-19(9-5-16)14-27-21(30)12-13-26-24-23-22(20-10-6-17(2)7-11-20)18(3)31-25(23)29-15-28-24/h4-11,15H,12-14H2,1-3H3,(H,27,30)(H,26,28,29). The molecule has 1 amide bonds. The van der Waals surface area contributed by atoms with Crippen molar-refractivity contribution in [2.75, 3.05) is 11.9 Å². The van der Waals surface area contributed by atoms with E-state index in [1.807, 2.05) is 12.1 Å². The van der Waals surface area contributed by atoms with E-state index in [4.69, 9.17) is 0 Å². The average molecular weight is 431 g/mol.